The quantitative estimate of drug-likeness (QED) is 0.808. The summed E-state index contributed by atoms with van der Waals surface area (Å²) >= 11 is 0. The third kappa shape index (κ3) is 5.30. The number of nitrogens with zero attached hydrogens (tertiary/aromatic N) is 3. The highest BCUT2D eigenvalue weighted by atomic mass is 19.1. The molecule has 0 fully saturated rings. The second-order valence-corrected chi connectivity index (χ2v) is 5.67. The Bertz CT molecular complexity index is 643. The number of unbranched alkanes of at least 4 members (excludes halogenated alkanes) is 1. The minimum atomic E-state index is -0.262. The van der Waals surface area contributed by atoms with Crippen molar-refractivity contribution >= 4 is 11.7 Å². The van der Waals surface area contributed by atoms with Crippen molar-refractivity contribution in [1.29, 1.82) is 0 Å². The van der Waals surface area contributed by atoms with Gasteiger partial charge >= 0.3 is 0 Å². The van der Waals surface area contributed by atoms with E-state index in [1.54, 1.807) is 18.3 Å². The Balaban J connectivity index is 1.82. The largest absolute Gasteiger partial charge is 0.358 e. The van der Waals surface area contributed by atoms with Crippen LogP contribution in [-0.4, -0.2) is 36.0 Å². The summed E-state index contributed by atoms with van der Waals surface area (Å²) in [6.45, 7) is 3.51. The first-order chi connectivity index (χ1) is 11.6. The monoisotopic (exact) mass is 330 g/mol. The molecule has 0 atom stereocenters. The van der Waals surface area contributed by atoms with E-state index in [0.29, 0.717) is 18.7 Å². The lowest BCUT2D eigenvalue weighted by Gasteiger charge is -2.17. The van der Waals surface area contributed by atoms with Gasteiger partial charge in [-0.3, -0.25) is 4.79 Å². The summed E-state index contributed by atoms with van der Waals surface area (Å²) in [7, 11) is 1.96. The number of carbonyl (C=O) groups is 1. The minimum absolute atomic E-state index is 0.257. The summed E-state index contributed by atoms with van der Waals surface area (Å²) in [5.74, 6) is 0.237. The Morgan fingerprint density at radius 1 is 1.21 bits per heavy atom. The Labute approximate surface area is 141 Å². The maximum absolute atomic E-state index is 12.8. The van der Waals surface area contributed by atoms with Crippen molar-refractivity contribution < 1.29 is 9.18 Å². The van der Waals surface area contributed by atoms with E-state index in [4.69, 9.17) is 0 Å². The van der Waals surface area contributed by atoms with Crippen molar-refractivity contribution in [1.82, 2.24) is 15.3 Å². The summed E-state index contributed by atoms with van der Waals surface area (Å²) in [6.07, 6.45) is 5.95. The van der Waals surface area contributed by atoms with Gasteiger partial charge in [0.25, 0.3) is 5.91 Å². The lowest BCUT2D eigenvalue weighted by Crippen LogP contribution is -2.27. The molecule has 0 spiro atoms. The molecule has 0 saturated heterocycles. The van der Waals surface area contributed by atoms with Gasteiger partial charge < -0.3 is 10.2 Å². The van der Waals surface area contributed by atoms with Crippen LogP contribution >= 0.6 is 0 Å². The zero-order valence-corrected chi connectivity index (χ0v) is 14.1. The Kier molecular flexibility index (Phi) is 6.66. The number of rotatable bonds is 8. The predicted octanol–water partition coefficient (Wildman–Crippen LogP) is 2.82. The van der Waals surface area contributed by atoms with E-state index in [-0.39, 0.29) is 11.7 Å². The molecule has 1 heterocycles. The van der Waals surface area contributed by atoms with Crippen LogP contribution in [-0.2, 0) is 6.42 Å². The number of halogens is 1. The van der Waals surface area contributed by atoms with Crippen molar-refractivity contribution in [3.8, 4) is 0 Å². The summed E-state index contributed by atoms with van der Waals surface area (Å²) < 4.78 is 12.8. The van der Waals surface area contributed by atoms with Gasteiger partial charge in [0.2, 0.25) is 0 Å². The maximum Gasteiger partial charge on any atom is 0.271 e. The van der Waals surface area contributed by atoms with Gasteiger partial charge in [-0.15, -0.1) is 0 Å². The van der Waals surface area contributed by atoms with Crippen LogP contribution in [0.15, 0.2) is 36.7 Å². The number of hydrogen-bond donors (Lipinski definition) is 1. The Morgan fingerprint density at radius 3 is 2.58 bits per heavy atom. The zero-order valence-electron chi connectivity index (χ0n) is 14.1. The number of amides is 1. The van der Waals surface area contributed by atoms with Crippen LogP contribution in [0.1, 0.15) is 35.8 Å². The van der Waals surface area contributed by atoms with Crippen LogP contribution < -0.4 is 10.2 Å². The first-order valence-corrected chi connectivity index (χ1v) is 8.16. The van der Waals surface area contributed by atoms with E-state index in [1.165, 1.54) is 18.3 Å². The lowest BCUT2D eigenvalue weighted by molar-refractivity contribution is 0.0949. The molecule has 1 aromatic carbocycles. The Morgan fingerprint density at radius 2 is 1.96 bits per heavy atom. The number of nitrogens with one attached hydrogen (secondary N) is 1. The average molecular weight is 330 g/mol. The van der Waals surface area contributed by atoms with Crippen LogP contribution in [0.5, 0.6) is 0 Å². The summed E-state index contributed by atoms with van der Waals surface area (Å²) in [4.78, 5) is 22.5. The zero-order chi connectivity index (χ0) is 17.4. The van der Waals surface area contributed by atoms with Gasteiger partial charge in [-0.1, -0.05) is 25.5 Å². The molecule has 2 aromatic rings. The third-order valence-corrected chi connectivity index (χ3v) is 3.72. The number of aromatic nitrogens is 2. The summed E-state index contributed by atoms with van der Waals surface area (Å²) in [5, 5.41) is 2.80. The summed E-state index contributed by atoms with van der Waals surface area (Å²) in [5.41, 5.74) is 1.26. The standard InChI is InChI=1S/C18H23FN4O/c1-3-4-11-23(2)17-13-21-16(12-22-17)18(24)20-10-9-14-5-7-15(19)8-6-14/h5-8,12-13H,3-4,9-11H2,1-2H3,(H,20,24). The maximum atomic E-state index is 12.8. The van der Waals surface area contributed by atoms with Crippen molar-refractivity contribution in [2.75, 3.05) is 25.0 Å². The molecule has 1 amide bonds. The van der Waals surface area contributed by atoms with E-state index in [9.17, 15) is 9.18 Å². The molecule has 5 nitrogen and oxygen atoms in total. The molecule has 0 aliphatic heterocycles. The minimum Gasteiger partial charge on any atom is -0.358 e. The Hall–Kier alpha value is -2.50. The van der Waals surface area contributed by atoms with Crippen molar-refractivity contribution in [2.24, 2.45) is 0 Å². The van der Waals surface area contributed by atoms with Gasteiger partial charge in [0.1, 0.15) is 17.3 Å². The molecule has 1 N–H and O–H groups in total. The van der Waals surface area contributed by atoms with Gasteiger partial charge in [0.15, 0.2) is 0 Å². The van der Waals surface area contributed by atoms with E-state index in [0.717, 1.165) is 30.8 Å². The molecule has 128 valence electrons. The highest BCUT2D eigenvalue weighted by molar-refractivity contribution is 5.92. The van der Waals surface area contributed by atoms with Gasteiger partial charge in [-0.05, 0) is 30.5 Å². The van der Waals surface area contributed by atoms with E-state index in [1.807, 2.05) is 11.9 Å². The third-order valence-electron chi connectivity index (χ3n) is 3.72. The van der Waals surface area contributed by atoms with E-state index >= 15 is 0 Å². The van der Waals surface area contributed by atoms with Crippen molar-refractivity contribution in [2.45, 2.75) is 26.2 Å². The second kappa shape index (κ2) is 8.96. The van der Waals surface area contributed by atoms with Gasteiger partial charge in [0.05, 0.1) is 12.4 Å². The molecule has 0 bridgehead atoms. The second-order valence-electron chi connectivity index (χ2n) is 5.67. The molecule has 0 unspecified atom stereocenters. The van der Waals surface area contributed by atoms with Crippen LogP contribution in [0.3, 0.4) is 0 Å². The van der Waals surface area contributed by atoms with Gasteiger partial charge in [-0.25, -0.2) is 14.4 Å². The molecule has 24 heavy (non-hydrogen) atoms. The first-order valence-electron chi connectivity index (χ1n) is 8.16. The predicted molar refractivity (Wildman–Crippen MR) is 92.6 cm³/mol. The highest BCUT2D eigenvalue weighted by Gasteiger charge is 2.09. The smallest absolute Gasteiger partial charge is 0.271 e. The van der Waals surface area contributed by atoms with Crippen molar-refractivity contribution in [3.63, 3.8) is 0 Å². The normalized spacial score (nSPS) is 10.5. The molecular weight excluding hydrogens is 307 g/mol. The van der Waals surface area contributed by atoms with E-state index < -0.39 is 0 Å². The summed E-state index contributed by atoms with van der Waals surface area (Å²) in [6, 6.07) is 6.25. The highest BCUT2D eigenvalue weighted by Crippen LogP contribution is 2.08. The average Bonchev–Trinajstić information content (AvgIpc) is 2.61. The topological polar surface area (TPSA) is 58.1 Å². The molecule has 0 saturated carbocycles. The SMILES string of the molecule is CCCCN(C)c1cnc(C(=O)NCCc2ccc(F)cc2)cn1. The molecule has 1 aromatic heterocycles. The van der Waals surface area contributed by atoms with Gasteiger partial charge in [0, 0.05) is 20.1 Å². The van der Waals surface area contributed by atoms with Crippen LogP contribution in [0, 0.1) is 5.82 Å². The molecule has 0 aliphatic carbocycles. The number of benzene rings is 1. The van der Waals surface area contributed by atoms with Gasteiger partial charge in [-0.2, -0.15) is 0 Å². The molecule has 0 aliphatic rings. The fourth-order valence-electron chi connectivity index (χ4n) is 2.21. The van der Waals surface area contributed by atoms with Crippen molar-refractivity contribution in [3.05, 3.63) is 53.7 Å². The number of carbonyl (C=O) groups excluding carboxylic acids is 1. The van der Waals surface area contributed by atoms with Crippen LogP contribution in [0.2, 0.25) is 0 Å². The fourth-order valence-corrected chi connectivity index (χ4v) is 2.21. The van der Waals surface area contributed by atoms with E-state index in [2.05, 4.69) is 22.2 Å². The fraction of sp³-hybridized carbons (Fsp3) is 0.389. The lowest BCUT2D eigenvalue weighted by atomic mass is 10.1. The van der Waals surface area contributed by atoms with Crippen LogP contribution in [0.4, 0.5) is 10.2 Å². The molecule has 6 heteroatoms. The first kappa shape index (κ1) is 17.8. The molecule has 2 rings (SSSR count). The number of anilines is 1. The molecular formula is C18H23FN4O. The van der Waals surface area contributed by atoms with Crippen LogP contribution in [0.25, 0.3) is 0 Å². The number of hydrogen-bond acceptors (Lipinski definition) is 4. The molecule has 0 radical (unpaired) electrons.